The lowest BCUT2D eigenvalue weighted by Gasteiger charge is -2.11. The highest BCUT2D eigenvalue weighted by Gasteiger charge is 2.10. The molecular weight excluding hydrogens is 341 g/mol. The normalized spacial score (nSPS) is 11.2. The van der Waals surface area contributed by atoms with Crippen molar-refractivity contribution in [1.29, 1.82) is 0 Å². The van der Waals surface area contributed by atoms with Gasteiger partial charge in [0.2, 0.25) is 0 Å². The Hall–Kier alpha value is -2.48. The van der Waals surface area contributed by atoms with Gasteiger partial charge in [-0.05, 0) is 31.5 Å². The molecule has 1 aromatic heterocycles. The topological polar surface area (TPSA) is 78.4 Å². The number of thiazole rings is 1. The van der Waals surface area contributed by atoms with Crippen molar-refractivity contribution in [3.8, 4) is 0 Å². The molecule has 134 valence electrons. The first kappa shape index (κ1) is 18.9. The Labute approximate surface area is 150 Å². The Morgan fingerprint density at radius 2 is 2.08 bits per heavy atom. The van der Waals surface area contributed by atoms with Crippen molar-refractivity contribution in [2.75, 3.05) is 19.6 Å². The molecule has 0 aliphatic heterocycles. The third-order valence-electron chi connectivity index (χ3n) is 3.31. The van der Waals surface area contributed by atoms with Gasteiger partial charge in [0.1, 0.15) is 10.7 Å². The van der Waals surface area contributed by atoms with E-state index < -0.39 is 0 Å². The van der Waals surface area contributed by atoms with Crippen molar-refractivity contribution < 1.29 is 9.18 Å². The molecule has 1 amide bonds. The SMILES string of the molecule is CCNC(=NCc1cccc(F)c1)NCCNC(=O)c1scnc1C. The zero-order valence-electron chi connectivity index (χ0n) is 14.3. The van der Waals surface area contributed by atoms with Crippen LogP contribution in [0.15, 0.2) is 34.8 Å². The number of nitrogens with one attached hydrogen (secondary N) is 3. The zero-order chi connectivity index (χ0) is 18.1. The lowest BCUT2D eigenvalue weighted by atomic mass is 10.2. The second-order valence-electron chi connectivity index (χ2n) is 5.27. The Morgan fingerprint density at radius 3 is 2.76 bits per heavy atom. The second-order valence-corrected chi connectivity index (χ2v) is 6.13. The molecule has 0 fully saturated rings. The number of hydrogen-bond donors (Lipinski definition) is 3. The number of hydrogen-bond acceptors (Lipinski definition) is 4. The molecule has 0 saturated heterocycles. The number of nitrogens with zero attached hydrogens (tertiary/aromatic N) is 2. The van der Waals surface area contributed by atoms with Gasteiger partial charge in [-0.3, -0.25) is 4.79 Å². The van der Waals surface area contributed by atoms with E-state index in [2.05, 4.69) is 25.9 Å². The van der Waals surface area contributed by atoms with E-state index in [0.29, 0.717) is 37.0 Å². The standard InChI is InChI=1S/C17H22FN5OS/c1-3-19-17(22-10-13-5-4-6-14(18)9-13)21-8-7-20-16(24)15-12(2)23-11-25-15/h4-6,9,11H,3,7-8,10H2,1-2H3,(H,20,24)(H2,19,21,22). The maximum absolute atomic E-state index is 13.2. The van der Waals surface area contributed by atoms with E-state index in [1.807, 2.05) is 19.9 Å². The van der Waals surface area contributed by atoms with Crippen LogP contribution in [0, 0.1) is 12.7 Å². The van der Waals surface area contributed by atoms with Gasteiger partial charge in [0.15, 0.2) is 5.96 Å². The first-order chi connectivity index (χ1) is 12.1. The quantitative estimate of drug-likeness (QED) is 0.400. The number of benzene rings is 1. The molecule has 0 spiro atoms. The van der Waals surface area contributed by atoms with Crippen molar-refractivity contribution in [2.24, 2.45) is 4.99 Å². The Kier molecular flexibility index (Phi) is 7.34. The summed E-state index contributed by atoms with van der Waals surface area (Å²) in [5.74, 6) is 0.227. The van der Waals surface area contributed by atoms with E-state index in [-0.39, 0.29) is 11.7 Å². The Bertz CT molecular complexity index is 731. The molecule has 1 heterocycles. The van der Waals surface area contributed by atoms with Crippen molar-refractivity contribution in [3.05, 3.63) is 51.7 Å². The molecule has 1 aromatic carbocycles. The lowest BCUT2D eigenvalue weighted by Crippen LogP contribution is -2.41. The summed E-state index contributed by atoms with van der Waals surface area (Å²) in [5, 5.41) is 9.10. The molecule has 0 aliphatic carbocycles. The number of aromatic nitrogens is 1. The summed E-state index contributed by atoms with van der Waals surface area (Å²) >= 11 is 1.33. The van der Waals surface area contributed by atoms with Gasteiger partial charge in [-0.25, -0.2) is 14.4 Å². The molecular formula is C17H22FN5OS. The van der Waals surface area contributed by atoms with Gasteiger partial charge in [-0.2, -0.15) is 0 Å². The molecule has 0 radical (unpaired) electrons. The number of carbonyl (C=O) groups excluding carboxylic acids is 1. The molecule has 8 heteroatoms. The van der Waals surface area contributed by atoms with Crippen LogP contribution < -0.4 is 16.0 Å². The average molecular weight is 363 g/mol. The van der Waals surface area contributed by atoms with E-state index >= 15 is 0 Å². The minimum atomic E-state index is -0.272. The summed E-state index contributed by atoms with van der Waals surface area (Å²) in [6.45, 7) is 5.85. The third kappa shape index (κ3) is 6.15. The molecule has 0 bridgehead atoms. The predicted octanol–water partition coefficient (Wildman–Crippen LogP) is 2.08. The molecule has 2 rings (SSSR count). The first-order valence-corrected chi connectivity index (χ1v) is 8.93. The molecule has 0 atom stereocenters. The lowest BCUT2D eigenvalue weighted by molar-refractivity contribution is 0.0957. The van der Waals surface area contributed by atoms with Crippen molar-refractivity contribution in [1.82, 2.24) is 20.9 Å². The minimum absolute atomic E-state index is 0.122. The average Bonchev–Trinajstić information content (AvgIpc) is 3.02. The predicted molar refractivity (Wildman–Crippen MR) is 98.4 cm³/mol. The minimum Gasteiger partial charge on any atom is -0.357 e. The summed E-state index contributed by atoms with van der Waals surface area (Å²) in [6, 6.07) is 6.36. The summed E-state index contributed by atoms with van der Waals surface area (Å²) in [4.78, 5) is 21.1. The fourth-order valence-corrected chi connectivity index (χ4v) is 2.82. The number of guanidine groups is 1. The number of amides is 1. The van der Waals surface area contributed by atoms with Gasteiger partial charge in [0, 0.05) is 19.6 Å². The summed E-state index contributed by atoms with van der Waals surface area (Å²) in [6.07, 6.45) is 0. The smallest absolute Gasteiger partial charge is 0.263 e. The highest BCUT2D eigenvalue weighted by Crippen LogP contribution is 2.11. The monoisotopic (exact) mass is 363 g/mol. The number of rotatable bonds is 7. The highest BCUT2D eigenvalue weighted by atomic mass is 32.1. The van der Waals surface area contributed by atoms with E-state index in [9.17, 15) is 9.18 Å². The number of aryl methyl sites for hydroxylation is 1. The molecule has 0 unspecified atom stereocenters. The Morgan fingerprint density at radius 1 is 1.28 bits per heavy atom. The summed E-state index contributed by atoms with van der Waals surface area (Å²) < 4.78 is 13.2. The Balaban J connectivity index is 1.80. The molecule has 2 aromatic rings. The second kappa shape index (κ2) is 9.73. The van der Waals surface area contributed by atoms with Gasteiger partial charge < -0.3 is 16.0 Å². The van der Waals surface area contributed by atoms with Gasteiger partial charge in [0.05, 0.1) is 17.7 Å². The van der Waals surface area contributed by atoms with Gasteiger partial charge in [0.25, 0.3) is 5.91 Å². The maximum atomic E-state index is 13.2. The first-order valence-electron chi connectivity index (χ1n) is 8.05. The summed E-state index contributed by atoms with van der Waals surface area (Å²) in [7, 11) is 0. The number of halogens is 1. The number of aliphatic imine (C=N–C) groups is 1. The largest absolute Gasteiger partial charge is 0.357 e. The third-order valence-corrected chi connectivity index (χ3v) is 4.24. The molecule has 25 heavy (non-hydrogen) atoms. The van der Waals surface area contributed by atoms with Crippen LogP contribution in [0.4, 0.5) is 4.39 Å². The fraction of sp³-hybridized carbons (Fsp3) is 0.353. The van der Waals surface area contributed by atoms with E-state index in [1.165, 1.54) is 23.5 Å². The van der Waals surface area contributed by atoms with Crippen LogP contribution in [0.25, 0.3) is 0 Å². The highest BCUT2D eigenvalue weighted by molar-refractivity contribution is 7.11. The van der Waals surface area contributed by atoms with Gasteiger partial charge in [-0.1, -0.05) is 12.1 Å². The molecule has 0 aliphatic rings. The van der Waals surface area contributed by atoms with Gasteiger partial charge in [-0.15, -0.1) is 11.3 Å². The molecule has 6 nitrogen and oxygen atoms in total. The molecule has 0 saturated carbocycles. The van der Waals surface area contributed by atoms with E-state index in [4.69, 9.17) is 0 Å². The van der Waals surface area contributed by atoms with Crippen molar-refractivity contribution >= 4 is 23.2 Å². The fourth-order valence-electron chi connectivity index (χ4n) is 2.10. The van der Waals surface area contributed by atoms with E-state index in [1.54, 1.807) is 11.6 Å². The zero-order valence-corrected chi connectivity index (χ0v) is 15.1. The number of carbonyl (C=O) groups is 1. The molecule has 3 N–H and O–H groups in total. The van der Waals surface area contributed by atoms with Crippen LogP contribution in [0.2, 0.25) is 0 Å². The van der Waals surface area contributed by atoms with Crippen LogP contribution >= 0.6 is 11.3 Å². The van der Waals surface area contributed by atoms with Crippen LogP contribution in [-0.2, 0) is 6.54 Å². The van der Waals surface area contributed by atoms with Crippen LogP contribution in [0.3, 0.4) is 0 Å². The summed E-state index contributed by atoms with van der Waals surface area (Å²) in [5.41, 5.74) is 3.19. The van der Waals surface area contributed by atoms with Gasteiger partial charge >= 0.3 is 0 Å². The van der Waals surface area contributed by atoms with Crippen LogP contribution in [0.5, 0.6) is 0 Å². The van der Waals surface area contributed by atoms with Crippen LogP contribution in [0.1, 0.15) is 27.9 Å². The maximum Gasteiger partial charge on any atom is 0.263 e. The van der Waals surface area contributed by atoms with Crippen LogP contribution in [-0.4, -0.2) is 36.5 Å². The van der Waals surface area contributed by atoms with Crippen molar-refractivity contribution in [3.63, 3.8) is 0 Å². The van der Waals surface area contributed by atoms with E-state index in [0.717, 1.165) is 11.3 Å². The van der Waals surface area contributed by atoms with Crippen molar-refractivity contribution in [2.45, 2.75) is 20.4 Å².